The third kappa shape index (κ3) is 13.4. The molecule has 3 N–H and O–H groups in total. The Balaban J connectivity index is 1.40. The van der Waals surface area contributed by atoms with E-state index < -0.39 is 11.9 Å². The second-order valence-corrected chi connectivity index (χ2v) is 12.1. The van der Waals surface area contributed by atoms with Crippen LogP contribution in [-0.4, -0.2) is 128 Å². The number of ether oxygens (including phenoxy) is 4. The van der Waals surface area contributed by atoms with Gasteiger partial charge >= 0.3 is 11.9 Å². The van der Waals surface area contributed by atoms with Crippen molar-refractivity contribution in [1.82, 2.24) is 20.1 Å². The molecule has 14 heteroatoms. The zero-order chi connectivity index (χ0) is 34.0. The lowest BCUT2D eigenvalue weighted by Gasteiger charge is -2.29. The Morgan fingerprint density at radius 1 is 0.917 bits per heavy atom. The summed E-state index contributed by atoms with van der Waals surface area (Å²) in [7, 11) is 0. The van der Waals surface area contributed by atoms with E-state index in [1.54, 1.807) is 18.2 Å². The Kier molecular flexibility index (Phi) is 15.8. The van der Waals surface area contributed by atoms with Gasteiger partial charge in [-0.1, -0.05) is 30.4 Å². The fourth-order valence-electron chi connectivity index (χ4n) is 5.22. The molecule has 0 amide bonds. The highest BCUT2D eigenvalue weighted by atomic mass is 32.2. The number of dihydropyridines is 1. The van der Waals surface area contributed by atoms with Crippen LogP contribution in [0.4, 0.5) is 0 Å². The highest BCUT2D eigenvalue weighted by Gasteiger charge is 2.19. The summed E-state index contributed by atoms with van der Waals surface area (Å²) < 4.78 is 24.3. The zero-order valence-corrected chi connectivity index (χ0v) is 27.7. The van der Waals surface area contributed by atoms with Crippen LogP contribution in [-0.2, 0) is 36.7 Å². The summed E-state index contributed by atoms with van der Waals surface area (Å²) in [4.78, 5) is 32.4. The number of benzene rings is 1. The number of nitriles is 1. The molecular weight excluding hydrogens is 638 g/mol. The van der Waals surface area contributed by atoms with Gasteiger partial charge in [-0.2, -0.15) is 5.26 Å². The van der Waals surface area contributed by atoms with Crippen LogP contribution in [0, 0.1) is 10.7 Å². The fraction of sp³-hybridized carbons (Fsp3) is 0.471. The summed E-state index contributed by atoms with van der Waals surface area (Å²) in [6.45, 7) is 6.40. The number of pyridine rings is 1. The monoisotopic (exact) mass is 681 g/mol. The lowest BCUT2D eigenvalue weighted by atomic mass is 10.1. The number of hydrogen-bond acceptors (Lipinski definition) is 12. The summed E-state index contributed by atoms with van der Waals surface area (Å²) in [6, 6.07) is 12.6. The molecular formula is C34H43N5O8S. The molecule has 0 aliphatic carbocycles. The standard InChI is InChI=1S/C34H43N5O8S/c35-25-48-30-9-7-26(8-10-30)21-29-24-46-17-13-38(22-27-3-1-5-31(36-27)33(40)41)11-15-44-19-20-45-16-12-39(14-18-47-29)23-28-4-2-6-32(37-28)34(42)43/h1-10,27,29,36H,11-24H2,(H,40,41)(H,42,43). The maximum Gasteiger partial charge on any atom is 0.354 e. The molecule has 1 saturated heterocycles. The predicted octanol–water partition coefficient (Wildman–Crippen LogP) is 2.64. The van der Waals surface area contributed by atoms with E-state index in [1.807, 2.05) is 36.4 Å². The van der Waals surface area contributed by atoms with Gasteiger partial charge in [0.2, 0.25) is 0 Å². The van der Waals surface area contributed by atoms with Gasteiger partial charge in [0.05, 0.1) is 64.1 Å². The van der Waals surface area contributed by atoms with Gasteiger partial charge in [-0.05, 0) is 47.7 Å². The van der Waals surface area contributed by atoms with E-state index in [-0.39, 0.29) is 23.5 Å². The molecule has 2 aliphatic heterocycles. The number of aliphatic carboxylic acids is 1. The van der Waals surface area contributed by atoms with Gasteiger partial charge in [0, 0.05) is 50.6 Å². The number of allylic oxidation sites excluding steroid dienone is 2. The summed E-state index contributed by atoms with van der Waals surface area (Å²) in [5, 5.41) is 32.9. The fourth-order valence-corrected chi connectivity index (χ4v) is 5.60. The van der Waals surface area contributed by atoms with Crippen LogP contribution in [0.2, 0.25) is 0 Å². The second-order valence-electron chi connectivity index (χ2n) is 11.3. The van der Waals surface area contributed by atoms with Crippen LogP contribution >= 0.6 is 11.8 Å². The number of aromatic carboxylic acids is 1. The van der Waals surface area contributed by atoms with Crippen LogP contribution < -0.4 is 5.32 Å². The van der Waals surface area contributed by atoms with Crippen LogP contribution in [0.15, 0.2) is 71.3 Å². The van der Waals surface area contributed by atoms with E-state index in [4.69, 9.17) is 24.2 Å². The van der Waals surface area contributed by atoms with Crippen molar-refractivity contribution in [3.8, 4) is 5.40 Å². The highest BCUT2D eigenvalue weighted by molar-refractivity contribution is 8.03. The minimum absolute atomic E-state index is 0.00169. The van der Waals surface area contributed by atoms with E-state index in [0.717, 1.165) is 22.2 Å². The van der Waals surface area contributed by atoms with Crippen molar-refractivity contribution in [1.29, 1.82) is 5.26 Å². The van der Waals surface area contributed by atoms with Crippen molar-refractivity contribution >= 4 is 23.7 Å². The first-order chi connectivity index (χ1) is 23.4. The third-order valence-electron chi connectivity index (χ3n) is 7.69. The molecule has 1 aromatic heterocycles. The molecule has 1 aromatic carbocycles. The number of nitrogens with zero attached hydrogens (tertiary/aromatic N) is 4. The second kappa shape index (κ2) is 20.5. The highest BCUT2D eigenvalue weighted by Crippen LogP contribution is 2.18. The molecule has 1 fully saturated rings. The normalized spacial score (nSPS) is 21.2. The van der Waals surface area contributed by atoms with Crippen LogP contribution in [0.1, 0.15) is 21.7 Å². The van der Waals surface area contributed by atoms with Crippen molar-refractivity contribution in [3.63, 3.8) is 0 Å². The van der Waals surface area contributed by atoms with E-state index in [2.05, 4.69) is 25.5 Å². The van der Waals surface area contributed by atoms with Gasteiger partial charge in [0.15, 0.2) is 0 Å². The molecule has 2 aliphatic rings. The largest absolute Gasteiger partial charge is 0.477 e. The van der Waals surface area contributed by atoms with E-state index >= 15 is 0 Å². The molecule has 2 aromatic rings. The van der Waals surface area contributed by atoms with Crippen molar-refractivity contribution in [2.45, 2.75) is 30.0 Å². The summed E-state index contributed by atoms with van der Waals surface area (Å²) in [5.74, 6) is -2.06. The Bertz CT molecular complexity index is 1420. The first-order valence-corrected chi connectivity index (χ1v) is 16.7. The van der Waals surface area contributed by atoms with Crippen molar-refractivity contribution < 1.29 is 38.7 Å². The third-order valence-corrected chi connectivity index (χ3v) is 8.29. The molecule has 3 heterocycles. The SMILES string of the molecule is N#CSc1ccc(CC2COCCN(CC3C=CC=C(C(=O)O)N3)CCOCCOCCN(Cc3cccc(C(=O)O)n3)CCO2)cc1. The van der Waals surface area contributed by atoms with Crippen LogP contribution in [0.25, 0.3) is 0 Å². The van der Waals surface area contributed by atoms with Crippen LogP contribution in [0.5, 0.6) is 0 Å². The average molecular weight is 682 g/mol. The van der Waals surface area contributed by atoms with Gasteiger partial charge in [-0.25, -0.2) is 14.6 Å². The Hall–Kier alpha value is -3.81. The summed E-state index contributed by atoms with van der Waals surface area (Å²) in [5.41, 5.74) is 1.87. The van der Waals surface area contributed by atoms with E-state index in [9.17, 15) is 19.8 Å². The van der Waals surface area contributed by atoms with Gasteiger partial charge in [0.1, 0.15) is 16.8 Å². The maximum absolute atomic E-state index is 11.5. The molecule has 13 nitrogen and oxygen atoms in total. The quantitative estimate of drug-likeness (QED) is 0.261. The molecule has 0 saturated carbocycles. The lowest BCUT2D eigenvalue weighted by Crippen LogP contribution is -2.44. The molecule has 4 rings (SSSR count). The first kappa shape index (κ1) is 37.0. The minimum Gasteiger partial charge on any atom is -0.477 e. The Morgan fingerprint density at radius 2 is 1.62 bits per heavy atom. The number of carbonyl (C=O) groups is 2. The number of hydrogen-bond donors (Lipinski definition) is 3. The van der Waals surface area contributed by atoms with Crippen molar-refractivity contribution in [2.75, 3.05) is 79.0 Å². The van der Waals surface area contributed by atoms with Gasteiger partial charge in [-0.15, -0.1) is 0 Å². The van der Waals surface area contributed by atoms with Crippen molar-refractivity contribution in [2.24, 2.45) is 0 Å². The number of carboxylic acid groups (broad SMARTS) is 2. The molecule has 0 radical (unpaired) electrons. The van der Waals surface area contributed by atoms with E-state index in [1.165, 1.54) is 6.07 Å². The van der Waals surface area contributed by atoms with Crippen molar-refractivity contribution in [3.05, 3.63) is 83.3 Å². The van der Waals surface area contributed by atoms with Gasteiger partial charge in [-0.3, -0.25) is 9.80 Å². The molecule has 2 unspecified atom stereocenters. The van der Waals surface area contributed by atoms with Gasteiger partial charge in [0.25, 0.3) is 0 Å². The molecule has 48 heavy (non-hydrogen) atoms. The molecule has 258 valence electrons. The summed E-state index contributed by atoms with van der Waals surface area (Å²) in [6.07, 6.45) is 5.62. The number of thioether (sulfide) groups is 1. The first-order valence-electron chi connectivity index (χ1n) is 15.9. The zero-order valence-electron chi connectivity index (χ0n) is 26.9. The smallest absolute Gasteiger partial charge is 0.354 e. The summed E-state index contributed by atoms with van der Waals surface area (Å²) >= 11 is 1.11. The Morgan fingerprint density at radius 3 is 2.33 bits per heavy atom. The Labute approximate surface area is 285 Å². The number of thiocyanates is 1. The topological polar surface area (TPSA) is 167 Å². The van der Waals surface area contributed by atoms with E-state index in [0.29, 0.717) is 97.6 Å². The van der Waals surface area contributed by atoms with Gasteiger partial charge < -0.3 is 34.5 Å². The minimum atomic E-state index is -1.07. The maximum atomic E-state index is 11.5. The number of carboxylic acids is 2. The lowest BCUT2D eigenvalue weighted by molar-refractivity contribution is -0.133. The molecule has 2 atom stereocenters. The average Bonchev–Trinajstić information content (AvgIpc) is 3.08. The number of rotatable bonds is 9. The predicted molar refractivity (Wildman–Crippen MR) is 179 cm³/mol. The molecule has 0 spiro atoms. The molecule has 0 bridgehead atoms. The number of aromatic nitrogens is 1. The van der Waals surface area contributed by atoms with Crippen LogP contribution in [0.3, 0.4) is 0 Å². The number of nitrogens with one attached hydrogen (secondary N) is 1.